The third kappa shape index (κ3) is 6.26. The molecule has 22 heavy (non-hydrogen) atoms. The molecule has 0 saturated carbocycles. The van der Waals surface area contributed by atoms with Gasteiger partial charge in [-0.3, -0.25) is 0 Å². The van der Waals surface area contributed by atoms with Crippen molar-refractivity contribution < 1.29 is 19.5 Å². The van der Waals surface area contributed by atoms with Crippen molar-refractivity contribution in [3.05, 3.63) is 35.9 Å². The summed E-state index contributed by atoms with van der Waals surface area (Å²) >= 11 is 0. The van der Waals surface area contributed by atoms with E-state index in [1.54, 1.807) is 13.8 Å². The average molecular weight is 307 g/mol. The molecule has 0 spiro atoms. The Labute approximate surface area is 131 Å². The molecule has 1 N–H and O–H groups in total. The molecule has 1 atom stereocenters. The second-order valence-electron chi connectivity index (χ2n) is 5.62. The van der Waals surface area contributed by atoms with Crippen molar-refractivity contribution in [2.75, 3.05) is 0 Å². The first kappa shape index (κ1) is 18.2. The molecule has 0 amide bonds. The highest BCUT2D eigenvalue weighted by atomic mass is 16.5. The minimum absolute atomic E-state index is 0.0157. The van der Waals surface area contributed by atoms with Crippen LogP contribution in [0.4, 0.5) is 0 Å². The molecule has 0 radical (unpaired) electrons. The lowest BCUT2D eigenvalue weighted by Crippen LogP contribution is -2.22. The predicted octanol–water partition coefficient (Wildman–Crippen LogP) is 3.71. The molecule has 0 saturated heterocycles. The van der Waals surface area contributed by atoms with Crippen LogP contribution in [0.15, 0.2) is 35.5 Å². The number of nitrogens with zero attached hydrogens (tertiary/aromatic N) is 1. The van der Waals surface area contributed by atoms with Gasteiger partial charge in [-0.15, -0.1) is 0 Å². The molecule has 0 fully saturated rings. The van der Waals surface area contributed by atoms with E-state index in [0.29, 0.717) is 6.42 Å². The van der Waals surface area contributed by atoms with Gasteiger partial charge in [0.1, 0.15) is 0 Å². The van der Waals surface area contributed by atoms with Crippen LogP contribution in [0.2, 0.25) is 0 Å². The van der Waals surface area contributed by atoms with Crippen molar-refractivity contribution in [1.82, 2.24) is 0 Å². The first-order chi connectivity index (χ1) is 10.4. The van der Waals surface area contributed by atoms with Gasteiger partial charge in [0.2, 0.25) is 0 Å². The van der Waals surface area contributed by atoms with Crippen molar-refractivity contribution in [1.29, 1.82) is 0 Å². The monoisotopic (exact) mass is 307 g/mol. The van der Waals surface area contributed by atoms with Crippen molar-refractivity contribution in [2.45, 2.75) is 58.8 Å². The lowest BCUT2D eigenvalue weighted by atomic mass is 10.0. The fourth-order valence-corrected chi connectivity index (χ4v) is 2.05. The second kappa shape index (κ2) is 9.20. The highest BCUT2D eigenvalue weighted by Crippen LogP contribution is 2.24. The van der Waals surface area contributed by atoms with E-state index in [1.165, 1.54) is 0 Å². The van der Waals surface area contributed by atoms with Gasteiger partial charge in [0, 0.05) is 6.42 Å². The van der Waals surface area contributed by atoms with Crippen LogP contribution in [-0.2, 0) is 14.3 Å². The van der Waals surface area contributed by atoms with Crippen LogP contribution in [0, 0.1) is 0 Å². The lowest BCUT2D eigenvalue weighted by molar-refractivity contribution is -0.139. The third-order valence-corrected chi connectivity index (χ3v) is 2.95. The van der Waals surface area contributed by atoms with E-state index in [2.05, 4.69) is 5.16 Å². The van der Waals surface area contributed by atoms with Crippen molar-refractivity contribution in [2.24, 2.45) is 5.16 Å². The van der Waals surface area contributed by atoms with E-state index in [0.717, 1.165) is 5.56 Å². The topological polar surface area (TPSA) is 68.1 Å². The summed E-state index contributed by atoms with van der Waals surface area (Å²) in [4.78, 5) is 11.8. The number of ether oxygens (including phenoxy) is 2. The van der Waals surface area contributed by atoms with Gasteiger partial charge in [-0.25, -0.2) is 4.79 Å². The van der Waals surface area contributed by atoms with Gasteiger partial charge in [-0.1, -0.05) is 35.5 Å². The number of carbonyl (C=O) groups excluding carboxylic acids is 1. The Morgan fingerprint density at radius 1 is 1.14 bits per heavy atom. The molecule has 122 valence electrons. The number of carbonyl (C=O) groups is 1. The van der Waals surface area contributed by atoms with E-state index in [-0.39, 0.29) is 30.4 Å². The van der Waals surface area contributed by atoms with Gasteiger partial charge in [0.25, 0.3) is 0 Å². The minimum Gasteiger partial charge on any atom is -0.458 e. The van der Waals surface area contributed by atoms with Crippen molar-refractivity contribution in [3.63, 3.8) is 0 Å². The predicted molar refractivity (Wildman–Crippen MR) is 85.1 cm³/mol. The molecule has 0 aliphatic carbocycles. The maximum absolute atomic E-state index is 11.8. The van der Waals surface area contributed by atoms with E-state index in [9.17, 15) is 4.79 Å². The summed E-state index contributed by atoms with van der Waals surface area (Å²) in [6.45, 7) is 7.43. The van der Waals surface area contributed by atoms with Gasteiger partial charge in [-0.05, 0) is 39.7 Å². The standard InChI is InChI=1S/C17H25NO4/c1-12(2)21-16(14-8-6-5-7-9-14)11-10-15(18-20)17(19)22-13(3)4/h5-9,12-13,16,20H,10-11H2,1-4H3/b18-15-. The highest BCUT2D eigenvalue weighted by molar-refractivity contribution is 6.36. The van der Waals surface area contributed by atoms with Crippen molar-refractivity contribution >= 4 is 11.7 Å². The van der Waals surface area contributed by atoms with Crippen LogP contribution in [0.25, 0.3) is 0 Å². The Kier molecular flexibility index (Phi) is 7.60. The Morgan fingerprint density at radius 3 is 2.27 bits per heavy atom. The average Bonchev–Trinajstić information content (AvgIpc) is 2.46. The van der Waals surface area contributed by atoms with E-state index >= 15 is 0 Å². The highest BCUT2D eigenvalue weighted by Gasteiger charge is 2.20. The SMILES string of the molecule is CC(C)OC(=O)/C(CCC(OC(C)C)c1ccccc1)=N\O. The molecular weight excluding hydrogens is 282 g/mol. The van der Waals surface area contributed by atoms with Gasteiger partial charge >= 0.3 is 5.97 Å². The number of rotatable bonds is 8. The van der Waals surface area contributed by atoms with Crippen LogP contribution < -0.4 is 0 Å². The molecule has 5 heteroatoms. The van der Waals surface area contributed by atoms with E-state index in [1.807, 2.05) is 44.2 Å². The fourth-order valence-electron chi connectivity index (χ4n) is 2.05. The summed E-state index contributed by atoms with van der Waals surface area (Å²) in [5.41, 5.74) is 1.05. The molecule has 0 heterocycles. The molecule has 0 aromatic heterocycles. The molecule has 1 rings (SSSR count). The first-order valence-electron chi connectivity index (χ1n) is 7.56. The quantitative estimate of drug-likeness (QED) is 0.344. The maximum Gasteiger partial charge on any atom is 0.356 e. The first-order valence-corrected chi connectivity index (χ1v) is 7.56. The molecule has 1 unspecified atom stereocenters. The van der Waals surface area contributed by atoms with Crippen LogP contribution >= 0.6 is 0 Å². The normalized spacial score (nSPS) is 13.5. The van der Waals surface area contributed by atoms with Gasteiger partial charge in [0.15, 0.2) is 5.71 Å². The summed E-state index contributed by atoms with van der Waals surface area (Å²) in [6.07, 6.45) is 0.469. The number of hydrogen-bond donors (Lipinski definition) is 1. The summed E-state index contributed by atoms with van der Waals surface area (Å²) in [5, 5.41) is 12.1. The van der Waals surface area contributed by atoms with E-state index in [4.69, 9.17) is 14.7 Å². The maximum atomic E-state index is 11.8. The summed E-state index contributed by atoms with van der Waals surface area (Å²) < 4.78 is 11.0. The minimum atomic E-state index is -0.589. The summed E-state index contributed by atoms with van der Waals surface area (Å²) in [7, 11) is 0. The summed E-state index contributed by atoms with van der Waals surface area (Å²) in [5.74, 6) is -0.589. The zero-order valence-corrected chi connectivity index (χ0v) is 13.7. The largest absolute Gasteiger partial charge is 0.458 e. The number of oxime groups is 1. The van der Waals surface area contributed by atoms with Crippen LogP contribution in [0.1, 0.15) is 52.2 Å². The van der Waals surface area contributed by atoms with Gasteiger partial charge < -0.3 is 14.7 Å². The fraction of sp³-hybridized carbons (Fsp3) is 0.529. The zero-order valence-electron chi connectivity index (χ0n) is 13.7. The third-order valence-electron chi connectivity index (χ3n) is 2.95. The van der Waals surface area contributed by atoms with Gasteiger partial charge in [0.05, 0.1) is 18.3 Å². The second-order valence-corrected chi connectivity index (χ2v) is 5.62. The van der Waals surface area contributed by atoms with Crippen LogP contribution in [0.5, 0.6) is 0 Å². The van der Waals surface area contributed by atoms with Crippen LogP contribution in [-0.4, -0.2) is 29.1 Å². The molecule has 1 aromatic carbocycles. The van der Waals surface area contributed by atoms with Gasteiger partial charge in [-0.2, -0.15) is 0 Å². The van der Waals surface area contributed by atoms with Crippen molar-refractivity contribution in [3.8, 4) is 0 Å². The Hall–Kier alpha value is -1.88. The molecule has 0 aliphatic heterocycles. The Morgan fingerprint density at radius 2 is 1.77 bits per heavy atom. The number of esters is 1. The zero-order chi connectivity index (χ0) is 16.5. The van der Waals surface area contributed by atoms with Crippen LogP contribution in [0.3, 0.4) is 0 Å². The molecular formula is C17H25NO4. The smallest absolute Gasteiger partial charge is 0.356 e. The molecule has 0 aliphatic rings. The Balaban J connectivity index is 2.72. The number of benzene rings is 1. The summed E-state index contributed by atoms with van der Waals surface area (Å²) in [6, 6.07) is 9.79. The molecule has 5 nitrogen and oxygen atoms in total. The molecule has 1 aromatic rings. The number of hydrogen-bond acceptors (Lipinski definition) is 5. The molecule has 0 bridgehead atoms. The van der Waals surface area contributed by atoms with E-state index < -0.39 is 5.97 Å². The Bertz CT molecular complexity index is 483. The lowest BCUT2D eigenvalue weighted by Gasteiger charge is -2.21.